The molecule has 0 spiro atoms. The van der Waals surface area contributed by atoms with Gasteiger partial charge in [0.05, 0.1) is 22.3 Å². The van der Waals surface area contributed by atoms with E-state index in [0.717, 1.165) is 28.2 Å². The molecule has 0 aliphatic heterocycles. The summed E-state index contributed by atoms with van der Waals surface area (Å²) in [6.45, 7) is 7.83. The van der Waals surface area contributed by atoms with Crippen molar-refractivity contribution in [2.75, 3.05) is 5.75 Å². The van der Waals surface area contributed by atoms with Gasteiger partial charge < -0.3 is 4.98 Å². The largest absolute Gasteiger partial charge is 0.362 e. The van der Waals surface area contributed by atoms with Gasteiger partial charge in [0.25, 0.3) is 5.56 Å². The van der Waals surface area contributed by atoms with Gasteiger partial charge in [-0.2, -0.15) is 0 Å². The number of para-hydroxylation sites is 1. The number of hydrogen-bond acceptors (Lipinski definition) is 5. The molecule has 0 aliphatic carbocycles. The Bertz CT molecular complexity index is 1610. The number of rotatable bonds is 5. The van der Waals surface area contributed by atoms with E-state index in [9.17, 15) is 9.59 Å². The van der Waals surface area contributed by atoms with Crippen LogP contribution in [0.1, 0.15) is 32.9 Å². The van der Waals surface area contributed by atoms with E-state index >= 15 is 0 Å². The first-order valence-corrected chi connectivity index (χ1v) is 11.6. The van der Waals surface area contributed by atoms with E-state index < -0.39 is 0 Å². The summed E-state index contributed by atoms with van der Waals surface area (Å²) in [4.78, 5) is 29.5. The summed E-state index contributed by atoms with van der Waals surface area (Å²) in [5.41, 5.74) is 5.92. The lowest BCUT2D eigenvalue weighted by molar-refractivity contribution is 0.102. The number of Topliss-reactive ketones (excluding diaryl/α,β-unsaturated/α-hetero) is 1. The number of nitrogens with one attached hydrogen (secondary N) is 1. The van der Waals surface area contributed by atoms with Crippen LogP contribution in [0.25, 0.3) is 22.4 Å². The number of aromatic amines is 1. The van der Waals surface area contributed by atoms with Gasteiger partial charge in [-0.05, 0) is 57.5 Å². The topological polar surface area (TPSA) is 85.0 Å². The zero-order chi connectivity index (χ0) is 23.3. The maximum absolute atomic E-state index is 13.5. The Kier molecular flexibility index (Phi) is 5.17. The van der Waals surface area contributed by atoms with Crippen molar-refractivity contribution in [3.63, 3.8) is 0 Å². The standard InChI is InChI=1S/C25H23N5O2S/c1-14-9-10-20(15(2)11-14)29-23(32)18-7-5-6-8-21(18)30-24(29)27-28-25(30)33-13-22(31)19-12-16(3)26-17(19)4/h5-12,26H,13H2,1-4H3. The molecule has 5 rings (SSSR count). The summed E-state index contributed by atoms with van der Waals surface area (Å²) in [5.74, 6) is 0.663. The molecule has 0 atom stereocenters. The first-order chi connectivity index (χ1) is 15.8. The highest BCUT2D eigenvalue weighted by atomic mass is 32.2. The minimum Gasteiger partial charge on any atom is -0.362 e. The number of thioether (sulfide) groups is 1. The van der Waals surface area contributed by atoms with Crippen molar-refractivity contribution >= 4 is 34.2 Å². The third-order valence-corrected chi connectivity index (χ3v) is 6.70. The summed E-state index contributed by atoms with van der Waals surface area (Å²) in [5, 5.41) is 9.88. The number of nitrogens with zero attached hydrogens (tertiary/aromatic N) is 4. The monoisotopic (exact) mass is 457 g/mol. The number of carbonyl (C=O) groups is 1. The van der Waals surface area contributed by atoms with Gasteiger partial charge in [-0.25, -0.2) is 4.57 Å². The zero-order valence-electron chi connectivity index (χ0n) is 18.8. The maximum atomic E-state index is 13.5. The van der Waals surface area contributed by atoms with E-state index in [4.69, 9.17) is 0 Å². The maximum Gasteiger partial charge on any atom is 0.267 e. The second-order valence-electron chi connectivity index (χ2n) is 8.27. The van der Waals surface area contributed by atoms with E-state index in [-0.39, 0.29) is 17.1 Å². The van der Waals surface area contributed by atoms with Crippen molar-refractivity contribution in [1.29, 1.82) is 0 Å². The Morgan fingerprint density at radius 3 is 2.55 bits per heavy atom. The lowest BCUT2D eigenvalue weighted by Gasteiger charge is -2.13. The first kappa shape index (κ1) is 21.2. The van der Waals surface area contributed by atoms with Crippen LogP contribution in [0, 0.1) is 27.7 Å². The average Bonchev–Trinajstić information content (AvgIpc) is 3.36. The molecule has 3 aromatic heterocycles. The molecule has 0 unspecified atom stereocenters. The number of H-pyrrole nitrogens is 1. The highest BCUT2D eigenvalue weighted by molar-refractivity contribution is 7.99. The number of carbonyl (C=O) groups excluding carboxylic acids is 1. The second kappa shape index (κ2) is 8.04. The molecule has 0 saturated carbocycles. The van der Waals surface area contributed by atoms with Gasteiger partial charge in [-0.3, -0.25) is 14.0 Å². The van der Waals surface area contributed by atoms with Gasteiger partial charge in [0, 0.05) is 17.0 Å². The number of aryl methyl sites for hydroxylation is 4. The number of fused-ring (bicyclic) bond motifs is 3. The minimum absolute atomic E-state index is 0.0191. The third kappa shape index (κ3) is 3.56. The van der Waals surface area contributed by atoms with Crippen LogP contribution in [0.2, 0.25) is 0 Å². The van der Waals surface area contributed by atoms with Gasteiger partial charge in [0.15, 0.2) is 10.9 Å². The molecule has 0 radical (unpaired) electrons. The average molecular weight is 458 g/mol. The van der Waals surface area contributed by atoms with Gasteiger partial charge in [-0.1, -0.05) is 41.6 Å². The Balaban J connectivity index is 1.66. The summed E-state index contributed by atoms with van der Waals surface area (Å²) >= 11 is 1.32. The Morgan fingerprint density at radius 2 is 1.82 bits per heavy atom. The normalized spacial score (nSPS) is 11.5. The summed E-state index contributed by atoms with van der Waals surface area (Å²) in [6, 6.07) is 15.2. The third-order valence-electron chi connectivity index (χ3n) is 5.77. The van der Waals surface area contributed by atoms with E-state index in [1.54, 1.807) is 4.57 Å². The van der Waals surface area contributed by atoms with Crippen LogP contribution < -0.4 is 5.56 Å². The summed E-state index contributed by atoms with van der Waals surface area (Å²) < 4.78 is 3.47. The van der Waals surface area contributed by atoms with E-state index in [1.807, 2.05) is 80.6 Å². The molecule has 7 nitrogen and oxygen atoms in total. The predicted molar refractivity (Wildman–Crippen MR) is 131 cm³/mol. The fraction of sp³-hybridized carbons (Fsp3) is 0.200. The molecular formula is C25H23N5O2S. The van der Waals surface area contributed by atoms with Crippen molar-refractivity contribution in [2.45, 2.75) is 32.9 Å². The van der Waals surface area contributed by atoms with E-state index in [0.29, 0.717) is 27.4 Å². The first-order valence-electron chi connectivity index (χ1n) is 10.6. The highest BCUT2D eigenvalue weighted by Crippen LogP contribution is 2.25. The lowest BCUT2D eigenvalue weighted by atomic mass is 10.1. The van der Waals surface area contributed by atoms with Gasteiger partial charge >= 0.3 is 0 Å². The summed E-state index contributed by atoms with van der Waals surface area (Å²) in [7, 11) is 0. The highest BCUT2D eigenvalue weighted by Gasteiger charge is 2.20. The number of ketones is 1. The van der Waals surface area contributed by atoms with Gasteiger partial charge in [0.2, 0.25) is 5.78 Å². The predicted octanol–water partition coefficient (Wildman–Crippen LogP) is 4.57. The van der Waals surface area contributed by atoms with Crippen molar-refractivity contribution in [1.82, 2.24) is 24.1 Å². The Morgan fingerprint density at radius 1 is 1.03 bits per heavy atom. The number of benzene rings is 2. The van der Waals surface area contributed by atoms with Crippen LogP contribution in [-0.2, 0) is 0 Å². The van der Waals surface area contributed by atoms with Crippen LogP contribution in [-0.4, -0.2) is 35.7 Å². The minimum atomic E-state index is -0.150. The van der Waals surface area contributed by atoms with Gasteiger partial charge in [0.1, 0.15) is 0 Å². The molecule has 33 heavy (non-hydrogen) atoms. The van der Waals surface area contributed by atoms with Crippen molar-refractivity contribution in [2.24, 2.45) is 0 Å². The molecule has 0 saturated heterocycles. The molecule has 5 aromatic rings. The molecule has 3 heterocycles. The number of aromatic nitrogens is 5. The fourth-order valence-corrected chi connectivity index (χ4v) is 5.09. The van der Waals surface area contributed by atoms with Crippen molar-refractivity contribution < 1.29 is 4.79 Å². The molecule has 166 valence electrons. The molecule has 0 fully saturated rings. The molecule has 2 aromatic carbocycles. The van der Waals surface area contributed by atoms with E-state index in [1.165, 1.54) is 11.8 Å². The molecule has 8 heteroatoms. The quantitative estimate of drug-likeness (QED) is 0.309. The van der Waals surface area contributed by atoms with Crippen molar-refractivity contribution in [3.8, 4) is 5.69 Å². The van der Waals surface area contributed by atoms with E-state index in [2.05, 4.69) is 15.2 Å². The second-order valence-corrected chi connectivity index (χ2v) is 9.21. The lowest BCUT2D eigenvalue weighted by Crippen LogP contribution is -2.22. The molecule has 0 aliphatic rings. The summed E-state index contributed by atoms with van der Waals surface area (Å²) in [6.07, 6.45) is 0. The fourth-order valence-electron chi connectivity index (χ4n) is 4.27. The molecule has 1 N–H and O–H groups in total. The molecule has 0 amide bonds. The Hall–Kier alpha value is -3.65. The van der Waals surface area contributed by atoms with Crippen LogP contribution >= 0.6 is 11.8 Å². The number of hydrogen-bond donors (Lipinski definition) is 1. The molecular weight excluding hydrogens is 434 g/mol. The van der Waals surface area contributed by atoms with Crippen molar-refractivity contribution in [3.05, 3.63) is 87.0 Å². The van der Waals surface area contributed by atoms with Crippen LogP contribution in [0.15, 0.2) is 58.5 Å². The van der Waals surface area contributed by atoms with Crippen LogP contribution in [0.5, 0.6) is 0 Å². The van der Waals surface area contributed by atoms with Gasteiger partial charge in [-0.15, -0.1) is 10.2 Å². The van der Waals surface area contributed by atoms with Crippen LogP contribution in [0.4, 0.5) is 0 Å². The Labute approximate surface area is 194 Å². The zero-order valence-corrected chi connectivity index (χ0v) is 19.7. The SMILES string of the molecule is Cc1ccc(-n2c(=O)c3ccccc3n3c(SCC(=O)c4cc(C)[nH]c4C)nnc23)c(C)c1. The van der Waals surface area contributed by atoms with Crippen LogP contribution in [0.3, 0.4) is 0 Å². The molecule has 0 bridgehead atoms. The smallest absolute Gasteiger partial charge is 0.267 e.